The fraction of sp³-hybridized carbons (Fsp3) is 0.0204. The van der Waals surface area contributed by atoms with Gasteiger partial charge in [-0.15, -0.1) is 0 Å². The minimum Gasteiger partial charge on any atom is -0.0622 e. The molecule has 2 heteroatoms. The first-order chi connectivity index (χ1) is 33.6. The number of hydrogen-bond donors (Lipinski definition) is 0. The normalized spacial score (nSPS) is 18.7. The average Bonchev–Trinajstić information content (AvgIpc) is 3.84. The van der Waals surface area contributed by atoms with E-state index in [1.54, 1.807) is 36.4 Å². The van der Waals surface area contributed by atoms with Crippen molar-refractivity contribution >= 4 is 47.7 Å². The monoisotopic (exact) mass is 704 g/mol. The van der Waals surface area contributed by atoms with Gasteiger partial charge in [0.1, 0.15) is 0 Å². The number of fused-ring (bicyclic) bond motifs is 10. The van der Waals surface area contributed by atoms with E-state index in [-0.39, 0.29) is 31.8 Å². The van der Waals surface area contributed by atoms with Crippen LogP contribution in [0.1, 0.15) is 49.7 Å². The zero-order valence-corrected chi connectivity index (χ0v) is 28.3. The molecule has 0 amide bonds. The molecule has 0 unspecified atom stereocenters. The van der Waals surface area contributed by atoms with Crippen LogP contribution in [0.25, 0.3) is 22.3 Å². The molecule has 1 spiro atoms. The second-order valence-corrected chi connectivity index (χ2v) is 16.0. The maximum absolute atomic E-state index is 9.18. The molecule has 0 aromatic heterocycles. The predicted molar refractivity (Wildman–Crippen MR) is 220 cm³/mol. The molecule has 0 saturated heterocycles. The maximum atomic E-state index is 9.18. The molecule has 0 atom stereocenters. The first-order valence-corrected chi connectivity index (χ1v) is 18.7. The van der Waals surface area contributed by atoms with Crippen LogP contribution in [0.5, 0.6) is 0 Å². The molecule has 8 aromatic rings. The molecule has 0 bridgehead atoms. The van der Waals surface area contributed by atoms with Crippen molar-refractivity contribution in [2.45, 2.75) is 5.41 Å². The van der Waals surface area contributed by atoms with E-state index in [1.807, 2.05) is 48.5 Å². The van der Waals surface area contributed by atoms with Gasteiger partial charge in [0, 0.05) is 0 Å². The van der Waals surface area contributed by atoms with Crippen molar-refractivity contribution in [3.05, 3.63) is 228 Å². The molecule has 0 aliphatic heterocycles. The zero-order valence-electron chi connectivity index (χ0n) is 46.5. The molecular formula is C49H34P2. The first kappa shape index (κ1) is 16.3. The van der Waals surface area contributed by atoms with Crippen LogP contribution in [0.3, 0.4) is 0 Å². The summed E-state index contributed by atoms with van der Waals surface area (Å²) in [6.07, 6.45) is 0. The summed E-state index contributed by atoms with van der Waals surface area (Å²) in [7, 11) is -5.11. The molecule has 2 aliphatic carbocycles. The number of benzene rings is 8. The van der Waals surface area contributed by atoms with Crippen LogP contribution in [-0.4, -0.2) is 0 Å². The molecule has 0 N–H and O–H groups in total. The first-order valence-electron chi connectivity index (χ1n) is 26.0. The third-order valence-corrected chi connectivity index (χ3v) is 13.7. The summed E-state index contributed by atoms with van der Waals surface area (Å²) in [5.41, 5.74) is 4.38. The average molecular weight is 705 g/mol. The highest BCUT2D eigenvalue weighted by Crippen LogP contribution is 2.63. The summed E-state index contributed by atoms with van der Waals surface area (Å²) < 4.78 is 177. The van der Waals surface area contributed by atoms with Crippen LogP contribution >= 0.6 is 15.8 Å². The second kappa shape index (κ2) is 12.4. The van der Waals surface area contributed by atoms with Gasteiger partial charge in [0.15, 0.2) is 0 Å². The van der Waals surface area contributed by atoms with Crippen LogP contribution in [0, 0.1) is 0 Å². The molecule has 0 radical (unpaired) electrons. The molecule has 0 heterocycles. The van der Waals surface area contributed by atoms with Crippen molar-refractivity contribution in [1.29, 1.82) is 0 Å². The van der Waals surface area contributed by atoms with Crippen molar-refractivity contribution in [3.8, 4) is 22.3 Å². The van der Waals surface area contributed by atoms with Gasteiger partial charge in [-0.05, 0) is 104 Å². The van der Waals surface area contributed by atoms with Gasteiger partial charge in [-0.2, -0.15) is 0 Å². The Kier molecular flexibility index (Phi) is 3.98. The Morgan fingerprint density at radius 2 is 0.627 bits per heavy atom. The highest BCUT2D eigenvalue weighted by Gasteiger charge is 2.52. The van der Waals surface area contributed by atoms with Gasteiger partial charge in [0.25, 0.3) is 0 Å². The zero-order chi connectivity index (χ0) is 51.2. The fourth-order valence-corrected chi connectivity index (χ4v) is 11.3. The van der Waals surface area contributed by atoms with Gasteiger partial charge in [-0.1, -0.05) is 194 Å². The van der Waals surface area contributed by atoms with E-state index in [1.165, 1.54) is 0 Å². The Labute approximate surface area is 330 Å². The van der Waals surface area contributed by atoms with Gasteiger partial charge >= 0.3 is 0 Å². The van der Waals surface area contributed by atoms with E-state index in [0.717, 1.165) is 22.3 Å². The Hall–Kier alpha value is -5.38. The highest BCUT2D eigenvalue weighted by molar-refractivity contribution is 7.80. The number of rotatable bonds is 6. The molecule has 8 aromatic carbocycles. The van der Waals surface area contributed by atoms with Gasteiger partial charge in [0.05, 0.1) is 32.8 Å². The Morgan fingerprint density at radius 1 is 0.314 bits per heavy atom. The minimum absolute atomic E-state index is 0.258. The van der Waals surface area contributed by atoms with Crippen molar-refractivity contribution in [2.75, 3.05) is 0 Å². The third kappa shape index (κ3) is 4.75. The van der Waals surface area contributed by atoms with Gasteiger partial charge in [0.2, 0.25) is 0 Å². The van der Waals surface area contributed by atoms with Gasteiger partial charge in [-0.25, -0.2) is 0 Å². The molecule has 0 nitrogen and oxygen atoms in total. The van der Waals surface area contributed by atoms with Gasteiger partial charge < -0.3 is 0 Å². The molecule has 51 heavy (non-hydrogen) atoms. The Bertz CT molecular complexity index is 3210. The largest absolute Gasteiger partial charge is 0.0726 e. The highest BCUT2D eigenvalue weighted by atomic mass is 31.1. The van der Waals surface area contributed by atoms with Crippen molar-refractivity contribution in [3.63, 3.8) is 0 Å². The molecule has 240 valence electrons. The lowest BCUT2D eigenvalue weighted by molar-refractivity contribution is 0.795. The van der Waals surface area contributed by atoms with Crippen LogP contribution in [0.2, 0.25) is 0 Å². The van der Waals surface area contributed by atoms with Crippen LogP contribution in [-0.2, 0) is 5.41 Å². The molecule has 0 fully saturated rings. The van der Waals surface area contributed by atoms with Crippen LogP contribution in [0.15, 0.2) is 206 Å². The smallest absolute Gasteiger partial charge is 0.0622 e. The van der Waals surface area contributed by atoms with Crippen molar-refractivity contribution in [2.24, 2.45) is 0 Å². The second-order valence-electron chi connectivity index (χ2n) is 11.9. The van der Waals surface area contributed by atoms with E-state index in [9.17, 15) is 11.0 Å². The van der Waals surface area contributed by atoms with E-state index in [2.05, 4.69) is 0 Å². The van der Waals surface area contributed by atoms with E-state index >= 15 is 0 Å². The lowest BCUT2D eigenvalue weighted by Crippen LogP contribution is -2.29. The quantitative estimate of drug-likeness (QED) is 0.151. The lowest BCUT2D eigenvalue weighted by atomic mass is 9.70. The molecule has 2 aliphatic rings. The SMILES string of the molecule is [2H]c1c([2H])c([2H])c(P(c2ccc3c(c2)C2(c4ccccc4-3)c3ccccc3-c3ccc(P(c4c([2H])c([2H])c([2H])c([2H])c4[2H])c4c([2H])c([2H])c([2H])c([2H])c4[2H])cc32)c2c([2H])c([2H])c([2H])c([2H])c2[2H])c([2H])c1[2H]. The topological polar surface area (TPSA) is 0 Å². The summed E-state index contributed by atoms with van der Waals surface area (Å²) in [6, 6.07) is 12.7. The van der Waals surface area contributed by atoms with E-state index in [4.69, 9.17) is 16.4 Å². The Morgan fingerprint density at radius 3 is 0.980 bits per heavy atom. The van der Waals surface area contributed by atoms with Crippen molar-refractivity contribution < 1.29 is 27.4 Å². The standard InChI is InChI=1S/C49H34P2/c1-5-17-35(18-6-1)50(36-19-7-2-8-20-36)39-29-31-43-41-25-13-15-27-45(41)49(47(43)33-39)46-28-16-14-26-42(46)44-32-30-40(34-48(44)49)51(37-21-9-3-10-22-37)38-23-11-4-12-24-38/h1-34H/i1D,2D,3D,4D,5D,6D,7D,8D,9D,10D,11D,12D,17D,18D,19D,20D,21D,22D,23D,24D. The van der Waals surface area contributed by atoms with Crippen LogP contribution < -0.4 is 31.8 Å². The Balaban J connectivity index is 1.34. The van der Waals surface area contributed by atoms with Crippen molar-refractivity contribution in [1.82, 2.24) is 0 Å². The summed E-state index contributed by atoms with van der Waals surface area (Å²) in [4.78, 5) is 0. The van der Waals surface area contributed by atoms with E-state index in [0.29, 0.717) is 22.3 Å². The molecule has 10 rings (SSSR count). The maximum Gasteiger partial charge on any atom is 0.0726 e. The summed E-state index contributed by atoms with van der Waals surface area (Å²) >= 11 is 0. The van der Waals surface area contributed by atoms with E-state index < -0.39 is 142 Å². The summed E-state index contributed by atoms with van der Waals surface area (Å²) in [5.74, 6) is 0. The lowest BCUT2D eigenvalue weighted by Gasteiger charge is -2.32. The fourth-order valence-electron chi connectivity index (χ4n) is 7.55. The minimum atomic E-state index is -2.56. The summed E-state index contributed by atoms with van der Waals surface area (Å²) in [5, 5.41) is -0.466. The summed E-state index contributed by atoms with van der Waals surface area (Å²) in [6.45, 7) is 0. The number of hydrogen-bond acceptors (Lipinski definition) is 0. The van der Waals surface area contributed by atoms with Gasteiger partial charge in [-0.3, -0.25) is 0 Å². The molecular weight excluding hydrogens is 650 g/mol. The molecule has 0 saturated carbocycles. The third-order valence-electron chi connectivity index (χ3n) is 9.41. The van der Waals surface area contributed by atoms with Crippen LogP contribution in [0.4, 0.5) is 0 Å². The predicted octanol–water partition coefficient (Wildman–Crippen LogP) is 9.55.